The minimum absolute atomic E-state index is 0.00581. The normalized spacial score (nSPS) is 14.6. The van der Waals surface area contributed by atoms with Crippen LogP contribution in [0.2, 0.25) is 0 Å². The number of halogens is 1. The van der Waals surface area contributed by atoms with Crippen LogP contribution in [0.3, 0.4) is 0 Å². The number of nitrogens with one attached hydrogen (secondary N) is 2. The molecule has 2 aromatic rings. The van der Waals surface area contributed by atoms with E-state index in [0.717, 1.165) is 0 Å². The topological polar surface area (TPSA) is 96.3 Å². The van der Waals surface area contributed by atoms with Crippen LogP contribution in [0.25, 0.3) is 0 Å². The fourth-order valence-electron chi connectivity index (χ4n) is 3.50. The molecule has 1 fully saturated rings. The summed E-state index contributed by atoms with van der Waals surface area (Å²) >= 11 is 0. The molecule has 0 spiro atoms. The second kappa shape index (κ2) is 9.51. The summed E-state index contributed by atoms with van der Waals surface area (Å²) < 4.78 is 15.0. The lowest BCUT2D eigenvalue weighted by atomic mass is 10.0. The molecule has 1 aliphatic heterocycles. The first-order valence-corrected chi connectivity index (χ1v) is 10.0. The molecule has 2 heterocycles. The van der Waals surface area contributed by atoms with Crippen LogP contribution in [0, 0.1) is 11.7 Å². The van der Waals surface area contributed by atoms with Gasteiger partial charge in [-0.3, -0.25) is 14.9 Å². The van der Waals surface area contributed by atoms with E-state index >= 15 is 0 Å². The molecule has 0 atom stereocenters. The van der Waals surface area contributed by atoms with E-state index in [1.807, 2.05) is 13.8 Å². The maximum absolute atomic E-state index is 13.3. The second-order valence-corrected chi connectivity index (χ2v) is 7.80. The van der Waals surface area contributed by atoms with E-state index in [1.165, 1.54) is 18.2 Å². The number of amides is 3. The zero-order valence-corrected chi connectivity index (χ0v) is 17.1. The van der Waals surface area contributed by atoms with Crippen molar-refractivity contribution in [3.8, 4) is 0 Å². The Morgan fingerprint density at radius 1 is 1.17 bits per heavy atom. The Bertz CT molecular complexity index is 919. The third-order valence-corrected chi connectivity index (χ3v) is 4.92. The van der Waals surface area contributed by atoms with E-state index in [9.17, 15) is 18.8 Å². The predicted octanol–water partition coefficient (Wildman–Crippen LogP) is 3.44. The van der Waals surface area contributed by atoms with Crippen molar-refractivity contribution in [1.82, 2.24) is 14.7 Å². The van der Waals surface area contributed by atoms with Crippen LogP contribution in [-0.2, 0) is 9.59 Å². The molecule has 0 bridgehead atoms. The van der Waals surface area contributed by atoms with Gasteiger partial charge in [0, 0.05) is 31.3 Å². The van der Waals surface area contributed by atoms with Crippen molar-refractivity contribution >= 4 is 29.2 Å². The second-order valence-electron chi connectivity index (χ2n) is 7.80. The van der Waals surface area contributed by atoms with Crippen molar-refractivity contribution in [2.75, 3.05) is 23.7 Å². The minimum Gasteiger partial charge on any atom is -0.336 e. The van der Waals surface area contributed by atoms with Crippen molar-refractivity contribution in [1.29, 1.82) is 0 Å². The zero-order valence-electron chi connectivity index (χ0n) is 17.1. The summed E-state index contributed by atoms with van der Waals surface area (Å²) in [6, 6.07) is 6.79. The van der Waals surface area contributed by atoms with Crippen molar-refractivity contribution in [3.63, 3.8) is 0 Å². The summed E-state index contributed by atoms with van der Waals surface area (Å²) in [5.74, 6) is -0.555. The number of hydrogen-bond donors (Lipinski definition) is 2. The summed E-state index contributed by atoms with van der Waals surface area (Å²) in [6.07, 6.45) is 3.10. The molecule has 1 saturated heterocycles. The molecule has 160 valence electrons. The lowest BCUT2D eigenvalue weighted by molar-refractivity contribution is -0.146. The van der Waals surface area contributed by atoms with Gasteiger partial charge in [0.15, 0.2) is 0 Å². The van der Waals surface area contributed by atoms with E-state index < -0.39 is 17.8 Å². The monoisotopic (exact) mass is 415 g/mol. The Morgan fingerprint density at radius 3 is 2.57 bits per heavy atom. The highest BCUT2D eigenvalue weighted by atomic mass is 19.1. The number of carbonyl (C=O) groups excluding carboxylic acids is 3. The maximum atomic E-state index is 13.3. The number of carbonyl (C=O) groups is 3. The number of likely N-dealkylation sites (tertiary alicyclic amines) is 1. The van der Waals surface area contributed by atoms with Crippen molar-refractivity contribution < 1.29 is 18.8 Å². The van der Waals surface area contributed by atoms with Gasteiger partial charge >= 0.3 is 6.03 Å². The van der Waals surface area contributed by atoms with Crippen LogP contribution in [0.15, 0.2) is 36.5 Å². The van der Waals surface area contributed by atoms with Gasteiger partial charge in [0.25, 0.3) is 5.91 Å². The van der Waals surface area contributed by atoms with Gasteiger partial charge in [-0.2, -0.15) is 5.10 Å². The quantitative estimate of drug-likeness (QED) is 0.707. The van der Waals surface area contributed by atoms with Crippen LogP contribution in [0.4, 0.5) is 20.7 Å². The number of benzene rings is 1. The van der Waals surface area contributed by atoms with Crippen molar-refractivity contribution in [2.45, 2.75) is 39.2 Å². The van der Waals surface area contributed by atoms with Gasteiger partial charge in [0.2, 0.25) is 5.78 Å². The molecule has 0 unspecified atom stereocenters. The van der Waals surface area contributed by atoms with E-state index in [1.54, 1.807) is 27.9 Å². The molecular formula is C21H26FN5O3. The van der Waals surface area contributed by atoms with E-state index in [4.69, 9.17) is 0 Å². The zero-order chi connectivity index (χ0) is 21.7. The summed E-state index contributed by atoms with van der Waals surface area (Å²) in [4.78, 5) is 38.2. The molecular weight excluding hydrogens is 389 g/mol. The maximum Gasteiger partial charge on any atom is 0.324 e. The lowest BCUT2D eigenvalue weighted by Gasteiger charge is -2.32. The number of Topliss-reactive ketones (excluding diaryl/α,β-unsaturated/α-hetero) is 1. The Morgan fingerprint density at radius 2 is 1.90 bits per heavy atom. The molecule has 30 heavy (non-hydrogen) atoms. The highest BCUT2D eigenvalue weighted by Gasteiger charge is 2.29. The first kappa shape index (κ1) is 21.5. The third kappa shape index (κ3) is 5.43. The largest absolute Gasteiger partial charge is 0.336 e. The minimum atomic E-state index is -0.505. The molecule has 0 radical (unpaired) electrons. The third-order valence-electron chi connectivity index (χ3n) is 4.92. The Balaban J connectivity index is 1.56. The standard InChI is InChI=1S/C21H26FN5O3/c1-14(2)12-18(28)20(29)26-10-7-17(8-11-26)27-19(6-9-23-27)25-21(30)24-16-5-3-4-15(22)13-16/h3-6,9,13-14,17H,7-8,10-12H2,1-2H3,(H2,24,25,30). The molecule has 3 rings (SSSR count). The van der Waals surface area contributed by atoms with Gasteiger partial charge in [0.1, 0.15) is 11.6 Å². The average molecular weight is 415 g/mol. The molecule has 3 amide bonds. The van der Waals surface area contributed by atoms with Crippen LogP contribution in [-0.4, -0.2) is 45.5 Å². The molecule has 9 heteroatoms. The average Bonchev–Trinajstić information content (AvgIpc) is 3.15. The highest BCUT2D eigenvalue weighted by molar-refractivity contribution is 6.36. The number of aromatic nitrogens is 2. The number of anilines is 2. The number of ketones is 1. The summed E-state index contributed by atoms with van der Waals surface area (Å²) in [5, 5.41) is 9.60. The van der Waals surface area contributed by atoms with Gasteiger partial charge in [-0.15, -0.1) is 0 Å². The summed E-state index contributed by atoms with van der Waals surface area (Å²) in [5.41, 5.74) is 0.344. The van der Waals surface area contributed by atoms with E-state index in [-0.39, 0.29) is 24.2 Å². The number of hydrogen-bond acceptors (Lipinski definition) is 4. The summed E-state index contributed by atoms with van der Waals surface area (Å²) in [6.45, 7) is 4.74. The Labute approximate surface area is 174 Å². The van der Waals surface area contributed by atoms with Crippen LogP contribution in [0.5, 0.6) is 0 Å². The highest BCUT2D eigenvalue weighted by Crippen LogP contribution is 2.26. The van der Waals surface area contributed by atoms with Gasteiger partial charge in [0.05, 0.1) is 12.2 Å². The molecule has 1 aromatic heterocycles. The van der Waals surface area contributed by atoms with Gasteiger partial charge in [-0.1, -0.05) is 19.9 Å². The van der Waals surface area contributed by atoms with Gasteiger partial charge < -0.3 is 10.2 Å². The van der Waals surface area contributed by atoms with E-state index in [2.05, 4.69) is 15.7 Å². The summed E-state index contributed by atoms with van der Waals surface area (Å²) in [7, 11) is 0. The molecule has 1 aromatic carbocycles. The first-order chi connectivity index (χ1) is 14.3. The van der Waals surface area contributed by atoms with Crippen molar-refractivity contribution in [2.24, 2.45) is 5.92 Å². The van der Waals surface area contributed by atoms with Crippen molar-refractivity contribution in [3.05, 3.63) is 42.3 Å². The molecule has 0 saturated carbocycles. The molecule has 1 aliphatic rings. The molecule has 8 nitrogen and oxygen atoms in total. The fraction of sp³-hybridized carbons (Fsp3) is 0.429. The molecule has 2 N–H and O–H groups in total. The lowest BCUT2D eigenvalue weighted by Crippen LogP contribution is -2.43. The van der Waals surface area contributed by atoms with Gasteiger partial charge in [-0.25, -0.2) is 13.9 Å². The molecule has 0 aliphatic carbocycles. The number of rotatable bonds is 6. The van der Waals surface area contributed by atoms with E-state index in [0.29, 0.717) is 37.4 Å². The number of nitrogens with zero attached hydrogens (tertiary/aromatic N) is 3. The SMILES string of the molecule is CC(C)CC(=O)C(=O)N1CCC(n2nccc2NC(=O)Nc2cccc(F)c2)CC1. The predicted molar refractivity (Wildman–Crippen MR) is 111 cm³/mol. The Kier molecular flexibility index (Phi) is 6.81. The van der Waals surface area contributed by atoms with Gasteiger partial charge in [-0.05, 0) is 37.0 Å². The Hall–Kier alpha value is -3.23. The van der Waals surface area contributed by atoms with Crippen LogP contribution >= 0.6 is 0 Å². The number of piperidine rings is 1. The number of urea groups is 1. The smallest absolute Gasteiger partial charge is 0.324 e. The first-order valence-electron chi connectivity index (χ1n) is 10.0. The fourth-order valence-corrected chi connectivity index (χ4v) is 3.50. The van der Waals surface area contributed by atoms with Crippen LogP contribution in [0.1, 0.15) is 39.2 Å². The van der Waals surface area contributed by atoms with Crippen LogP contribution < -0.4 is 10.6 Å².